The number of carbonyl (C=O) groups excluding carboxylic acids is 1. The Bertz CT molecular complexity index is 312. The van der Waals surface area contributed by atoms with Crippen molar-refractivity contribution < 1.29 is 4.79 Å². The van der Waals surface area contributed by atoms with Gasteiger partial charge in [0.2, 0.25) is 5.91 Å². The molecule has 1 rings (SSSR count). The fraction of sp³-hybridized carbons (Fsp3) is 0.300. The van der Waals surface area contributed by atoms with Crippen molar-refractivity contribution in [1.29, 1.82) is 0 Å². The van der Waals surface area contributed by atoms with Gasteiger partial charge in [0.1, 0.15) is 0 Å². The topological polar surface area (TPSA) is 20.3 Å². The van der Waals surface area contributed by atoms with Crippen molar-refractivity contribution >= 4 is 23.2 Å². The Morgan fingerprint density at radius 3 is 2.62 bits per heavy atom. The van der Waals surface area contributed by atoms with E-state index in [9.17, 15) is 4.79 Å². The Labute approximate surface area is 83.1 Å². The van der Waals surface area contributed by atoms with Crippen molar-refractivity contribution in [3.8, 4) is 0 Å². The molecule has 0 aliphatic rings. The van der Waals surface area contributed by atoms with Crippen LogP contribution in [-0.4, -0.2) is 13.0 Å². The van der Waals surface area contributed by atoms with E-state index in [0.29, 0.717) is 11.4 Å². The third kappa shape index (κ3) is 2.22. The summed E-state index contributed by atoms with van der Waals surface area (Å²) in [5.74, 6) is 0.0631. The summed E-state index contributed by atoms with van der Waals surface area (Å²) in [7, 11) is 1.73. The molecule has 0 fully saturated rings. The summed E-state index contributed by atoms with van der Waals surface area (Å²) in [5, 5.41) is 0.604. The summed E-state index contributed by atoms with van der Waals surface area (Å²) in [6.07, 6.45) is 0.488. The van der Waals surface area contributed by atoms with Gasteiger partial charge in [-0.1, -0.05) is 30.7 Å². The Morgan fingerprint density at radius 2 is 2.08 bits per heavy atom. The number of rotatable bonds is 2. The number of halogens is 1. The fourth-order valence-corrected chi connectivity index (χ4v) is 1.36. The quantitative estimate of drug-likeness (QED) is 0.714. The second kappa shape index (κ2) is 4.28. The number of anilines is 1. The van der Waals surface area contributed by atoms with Crippen LogP contribution in [0.25, 0.3) is 0 Å². The molecule has 1 aromatic rings. The molecule has 0 aromatic heterocycles. The first-order valence-corrected chi connectivity index (χ1v) is 4.55. The standard InChI is InChI=1S/C10H12ClNO/c1-3-10(13)12(2)9-7-5-4-6-8(9)11/h4-7H,3H2,1-2H3. The molecule has 0 heterocycles. The van der Waals surface area contributed by atoms with Gasteiger partial charge in [0.25, 0.3) is 0 Å². The Morgan fingerprint density at radius 1 is 1.46 bits per heavy atom. The Hall–Kier alpha value is -1.02. The fourth-order valence-electron chi connectivity index (χ4n) is 1.10. The van der Waals surface area contributed by atoms with E-state index in [4.69, 9.17) is 11.6 Å². The number of nitrogens with zero attached hydrogens (tertiary/aromatic N) is 1. The van der Waals surface area contributed by atoms with E-state index in [1.165, 1.54) is 0 Å². The number of hydrogen-bond acceptors (Lipinski definition) is 1. The first kappa shape index (κ1) is 10.1. The maximum Gasteiger partial charge on any atom is 0.226 e. The smallest absolute Gasteiger partial charge is 0.226 e. The lowest BCUT2D eigenvalue weighted by Crippen LogP contribution is -2.25. The van der Waals surface area contributed by atoms with E-state index in [0.717, 1.165) is 5.69 Å². The van der Waals surface area contributed by atoms with Gasteiger partial charge in [-0.15, -0.1) is 0 Å². The molecule has 0 bridgehead atoms. The van der Waals surface area contributed by atoms with Crippen molar-refractivity contribution in [2.75, 3.05) is 11.9 Å². The van der Waals surface area contributed by atoms with Gasteiger partial charge in [0.15, 0.2) is 0 Å². The number of benzene rings is 1. The summed E-state index contributed by atoms with van der Waals surface area (Å²) >= 11 is 5.93. The lowest BCUT2D eigenvalue weighted by molar-refractivity contribution is -0.118. The largest absolute Gasteiger partial charge is 0.314 e. The Balaban J connectivity index is 2.95. The third-order valence-corrected chi connectivity index (χ3v) is 2.21. The highest BCUT2D eigenvalue weighted by atomic mass is 35.5. The zero-order chi connectivity index (χ0) is 9.84. The molecule has 3 heteroatoms. The van der Waals surface area contributed by atoms with Crippen LogP contribution in [0.1, 0.15) is 13.3 Å². The van der Waals surface area contributed by atoms with Crippen LogP contribution in [0.3, 0.4) is 0 Å². The van der Waals surface area contributed by atoms with E-state index < -0.39 is 0 Å². The lowest BCUT2D eigenvalue weighted by atomic mass is 10.3. The first-order chi connectivity index (χ1) is 6.16. The van der Waals surface area contributed by atoms with Crippen LogP contribution in [0.4, 0.5) is 5.69 Å². The monoisotopic (exact) mass is 197 g/mol. The van der Waals surface area contributed by atoms with Crippen LogP contribution < -0.4 is 4.90 Å². The molecule has 70 valence electrons. The highest BCUT2D eigenvalue weighted by Crippen LogP contribution is 2.24. The number of para-hydroxylation sites is 1. The Kier molecular flexibility index (Phi) is 3.32. The minimum absolute atomic E-state index is 0.0631. The second-order valence-corrected chi connectivity index (χ2v) is 3.16. The van der Waals surface area contributed by atoms with E-state index in [2.05, 4.69) is 0 Å². The van der Waals surface area contributed by atoms with Crippen molar-refractivity contribution in [3.63, 3.8) is 0 Å². The van der Waals surface area contributed by atoms with Gasteiger partial charge in [-0.05, 0) is 12.1 Å². The molecule has 0 aliphatic heterocycles. The number of amides is 1. The molecule has 0 unspecified atom stereocenters. The van der Waals surface area contributed by atoms with Crippen molar-refractivity contribution in [2.45, 2.75) is 13.3 Å². The van der Waals surface area contributed by atoms with Crippen molar-refractivity contribution in [3.05, 3.63) is 29.3 Å². The highest BCUT2D eigenvalue weighted by molar-refractivity contribution is 6.33. The van der Waals surface area contributed by atoms with E-state index in [1.54, 1.807) is 18.0 Å². The van der Waals surface area contributed by atoms with Crippen LogP contribution >= 0.6 is 11.6 Å². The maximum atomic E-state index is 11.3. The average Bonchev–Trinajstić information content (AvgIpc) is 2.16. The minimum Gasteiger partial charge on any atom is -0.314 e. The van der Waals surface area contributed by atoms with Crippen LogP contribution in [0.5, 0.6) is 0 Å². The van der Waals surface area contributed by atoms with Gasteiger partial charge in [-0.3, -0.25) is 4.79 Å². The van der Waals surface area contributed by atoms with E-state index in [1.807, 2.05) is 25.1 Å². The molecule has 0 saturated carbocycles. The van der Waals surface area contributed by atoms with Crippen molar-refractivity contribution in [1.82, 2.24) is 0 Å². The van der Waals surface area contributed by atoms with Gasteiger partial charge in [0, 0.05) is 13.5 Å². The molecular formula is C10H12ClNO. The summed E-state index contributed by atoms with van der Waals surface area (Å²) in [6.45, 7) is 1.83. The molecule has 2 nitrogen and oxygen atoms in total. The number of hydrogen-bond donors (Lipinski definition) is 0. The zero-order valence-corrected chi connectivity index (χ0v) is 8.51. The second-order valence-electron chi connectivity index (χ2n) is 2.76. The van der Waals surface area contributed by atoms with Gasteiger partial charge in [0.05, 0.1) is 10.7 Å². The molecule has 1 amide bonds. The van der Waals surface area contributed by atoms with Crippen molar-refractivity contribution in [2.24, 2.45) is 0 Å². The molecule has 0 N–H and O–H groups in total. The van der Waals surface area contributed by atoms with Gasteiger partial charge in [-0.25, -0.2) is 0 Å². The molecule has 13 heavy (non-hydrogen) atoms. The van der Waals surface area contributed by atoms with Crippen LogP contribution in [0.15, 0.2) is 24.3 Å². The average molecular weight is 198 g/mol. The summed E-state index contributed by atoms with van der Waals surface area (Å²) in [4.78, 5) is 12.9. The SMILES string of the molecule is CCC(=O)N(C)c1ccccc1Cl. The molecular weight excluding hydrogens is 186 g/mol. The summed E-state index contributed by atoms with van der Waals surface area (Å²) in [5.41, 5.74) is 0.760. The predicted molar refractivity (Wildman–Crippen MR) is 55.2 cm³/mol. The zero-order valence-electron chi connectivity index (χ0n) is 7.75. The lowest BCUT2D eigenvalue weighted by Gasteiger charge is -2.17. The van der Waals surface area contributed by atoms with Crippen LogP contribution in [0.2, 0.25) is 5.02 Å². The molecule has 0 spiro atoms. The van der Waals surface area contributed by atoms with E-state index >= 15 is 0 Å². The maximum absolute atomic E-state index is 11.3. The predicted octanol–water partition coefficient (Wildman–Crippen LogP) is 2.71. The molecule has 0 aliphatic carbocycles. The van der Waals surface area contributed by atoms with Gasteiger partial charge < -0.3 is 4.90 Å². The minimum atomic E-state index is 0.0631. The molecule has 0 atom stereocenters. The third-order valence-electron chi connectivity index (χ3n) is 1.89. The number of carbonyl (C=O) groups is 1. The highest BCUT2D eigenvalue weighted by Gasteiger charge is 2.10. The molecule has 1 aromatic carbocycles. The first-order valence-electron chi connectivity index (χ1n) is 4.18. The van der Waals surface area contributed by atoms with Gasteiger partial charge in [-0.2, -0.15) is 0 Å². The summed E-state index contributed by atoms with van der Waals surface area (Å²) < 4.78 is 0. The summed E-state index contributed by atoms with van der Waals surface area (Å²) in [6, 6.07) is 7.31. The molecule has 0 radical (unpaired) electrons. The molecule has 0 saturated heterocycles. The van der Waals surface area contributed by atoms with Crippen LogP contribution in [-0.2, 0) is 4.79 Å². The van der Waals surface area contributed by atoms with Gasteiger partial charge >= 0.3 is 0 Å². The van der Waals surface area contributed by atoms with E-state index in [-0.39, 0.29) is 5.91 Å². The van der Waals surface area contributed by atoms with Crippen LogP contribution in [0, 0.1) is 0 Å². The normalized spacial score (nSPS) is 9.77.